The van der Waals surface area contributed by atoms with Crippen LogP contribution in [-0.4, -0.2) is 14.8 Å². The zero-order chi connectivity index (χ0) is 13.5. The van der Waals surface area contributed by atoms with Crippen molar-refractivity contribution < 1.29 is 4.74 Å². The lowest BCUT2D eigenvalue weighted by Gasteiger charge is -2.14. The van der Waals surface area contributed by atoms with Gasteiger partial charge in [-0.2, -0.15) is 5.10 Å². The summed E-state index contributed by atoms with van der Waals surface area (Å²) in [6, 6.07) is 12.2. The van der Waals surface area contributed by atoms with Crippen molar-refractivity contribution in [1.82, 2.24) is 14.8 Å². The molecule has 0 saturated heterocycles. The second-order valence-electron chi connectivity index (χ2n) is 4.57. The molecule has 4 rings (SSSR count). The van der Waals surface area contributed by atoms with E-state index in [9.17, 15) is 0 Å². The summed E-state index contributed by atoms with van der Waals surface area (Å²) in [5.41, 5.74) is 4.05. The molecule has 3 heterocycles. The molecule has 20 heavy (non-hydrogen) atoms. The summed E-state index contributed by atoms with van der Waals surface area (Å²) in [7, 11) is 0. The van der Waals surface area contributed by atoms with Crippen molar-refractivity contribution in [3.05, 3.63) is 57.9 Å². The number of rotatable bonds is 1. The zero-order valence-corrected chi connectivity index (χ0v) is 12.6. The maximum absolute atomic E-state index is 5.65. The van der Waals surface area contributed by atoms with E-state index in [1.807, 2.05) is 23.0 Å². The number of aromatic nitrogens is 3. The van der Waals surface area contributed by atoms with Gasteiger partial charge in [-0.05, 0) is 59.0 Å². The maximum Gasteiger partial charge on any atom is 0.223 e. The molecule has 0 fully saturated rings. The van der Waals surface area contributed by atoms with E-state index in [1.54, 1.807) is 6.20 Å². The third-order valence-electron chi connectivity index (χ3n) is 3.27. The summed E-state index contributed by atoms with van der Waals surface area (Å²) in [4.78, 5) is 4.24. The van der Waals surface area contributed by atoms with E-state index in [0.29, 0.717) is 12.5 Å². The molecule has 0 amide bonds. The van der Waals surface area contributed by atoms with Gasteiger partial charge in [0.2, 0.25) is 5.88 Å². The van der Waals surface area contributed by atoms with E-state index < -0.39 is 0 Å². The van der Waals surface area contributed by atoms with Crippen molar-refractivity contribution in [2.24, 2.45) is 0 Å². The van der Waals surface area contributed by atoms with Crippen molar-refractivity contribution in [2.45, 2.75) is 6.61 Å². The van der Waals surface area contributed by atoms with Crippen LogP contribution in [0.1, 0.15) is 5.56 Å². The van der Waals surface area contributed by atoms with Crippen molar-refractivity contribution in [2.75, 3.05) is 0 Å². The molecule has 0 bridgehead atoms. The van der Waals surface area contributed by atoms with E-state index in [2.05, 4.69) is 56.9 Å². The monoisotopic (exact) mass is 375 g/mol. The standard InChI is InChI=1S/C15H10IN3O/c16-11-3-5-12(6-4-11)19-8-10-9-20-15-13(14(10)18-19)2-1-7-17-15/h1-8H,9H2. The SMILES string of the molecule is Ic1ccc(-n2cc3c(n2)-c2cccnc2OC3)cc1. The predicted octanol–water partition coefficient (Wildman–Crippen LogP) is 3.43. The quantitative estimate of drug-likeness (QED) is 0.612. The van der Waals surface area contributed by atoms with Crippen LogP contribution < -0.4 is 4.74 Å². The van der Waals surface area contributed by atoms with Crippen LogP contribution in [0.3, 0.4) is 0 Å². The highest BCUT2D eigenvalue weighted by Crippen LogP contribution is 2.34. The maximum atomic E-state index is 5.65. The van der Waals surface area contributed by atoms with Crippen LogP contribution in [0.2, 0.25) is 0 Å². The van der Waals surface area contributed by atoms with E-state index in [4.69, 9.17) is 4.74 Å². The Balaban J connectivity index is 1.84. The Morgan fingerprint density at radius 3 is 2.85 bits per heavy atom. The molecule has 3 aromatic rings. The van der Waals surface area contributed by atoms with Gasteiger partial charge in [0.1, 0.15) is 12.3 Å². The van der Waals surface area contributed by atoms with Crippen LogP contribution in [0.4, 0.5) is 0 Å². The number of ether oxygens (including phenoxy) is 1. The summed E-state index contributed by atoms with van der Waals surface area (Å²) in [5, 5.41) is 4.69. The molecule has 0 atom stereocenters. The smallest absolute Gasteiger partial charge is 0.223 e. The van der Waals surface area contributed by atoms with Gasteiger partial charge in [0.05, 0.1) is 11.3 Å². The lowest BCUT2D eigenvalue weighted by Crippen LogP contribution is -2.05. The van der Waals surface area contributed by atoms with Crippen molar-refractivity contribution in [1.29, 1.82) is 0 Å². The molecule has 0 N–H and O–H groups in total. The Hall–Kier alpha value is -1.89. The van der Waals surface area contributed by atoms with Crippen LogP contribution >= 0.6 is 22.6 Å². The first-order valence-electron chi connectivity index (χ1n) is 6.24. The molecular formula is C15H10IN3O. The highest BCUT2D eigenvalue weighted by Gasteiger charge is 2.21. The molecule has 5 heteroatoms. The highest BCUT2D eigenvalue weighted by atomic mass is 127. The minimum atomic E-state index is 0.518. The first-order valence-corrected chi connectivity index (χ1v) is 7.32. The zero-order valence-electron chi connectivity index (χ0n) is 10.5. The fourth-order valence-electron chi connectivity index (χ4n) is 2.30. The number of pyridine rings is 1. The third kappa shape index (κ3) is 1.89. The Labute approximate surface area is 129 Å². The molecular weight excluding hydrogens is 365 g/mol. The fraction of sp³-hybridized carbons (Fsp3) is 0.0667. The van der Waals surface area contributed by atoms with Crippen LogP contribution in [0.15, 0.2) is 48.8 Å². The summed E-state index contributed by atoms with van der Waals surface area (Å²) in [6.07, 6.45) is 3.76. The summed E-state index contributed by atoms with van der Waals surface area (Å²) >= 11 is 2.29. The number of halogens is 1. The number of benzene rings is 1. The number of hydrogen-bond acceptors (Lipinski definition) is 3. The Morgan fingerprint density at radius 1 is 1.15 bits per heavy atom. The molecule has 4 nitrogen and oxygen atoms in total. The molecule has 0 unspecified atom stereocenters. The number of nitrogens with zero attached hydrogens (tertiary/aromatic N) is 3. The number of hydrogen-bond donors (Lipinski definition) is 0. The van der Waals surface area contributed by atoms with E-state index in [-0.39, 0.29) is 0 Å². The average molecular weight is 375 g/mol. The molecule has 0 aliphatic carbocycles. The first kappa shape index (κ1) is 11.9. The summed E-state index contributed by atoms with van der Waals surface area (Å²) in [6.45, 7) is 0.518. The molecule has 0 radical (unpaired) electrons. The molecule has 0 spiro atoms. The van der Waals surface area contributed by atoms with Crippen LogP contribution in [0.25, 0.3) is 16.9 Å². The highest BCUT2D eigenvalue weighted by molar-refractivity contribution is 14.1. The van der Waals surface area contributed by atoms with Gasteiger partial charge in [-0.1, -0.05) is 0 Å². The lowest BCUT2D eigenvalue weighted by atomic mass is 10.1. The average Bonchev–Trinajstić information content (AvgIpc) is 2.92. The van der Waals surface area contributed by atoms with Gasteiger partial charge in [-0.15, -0.1) is 0 Å². The van der Waals surface area contributed by atoms with Crippen LogP contribution in [0.5, 0.6) is 5.88 Å². The first-order chi connectivity index (χ1) is 9.81. The van der Waals surface area contributed by atoms with Gasteiger partial charge >= 0.3 is 0 Å². The minimum Gasteiger partial charge on any atom is -0.472 e. The summed E-state index contributed by atoms with van der Waals surface area (Å²) < 4.78 is 8.76. The van der Waals surface area contributed by atoms with E-state index >= 15 is 0 Å². The molecule has 1 aliphatic heterocycles. The second-order valence-corrected chi connectivity index (χ2v) is 5.81. The van der Waals surface area contributed by atoms with Crippen LogP contribution in [-0.2, 0) is 6.61 Å². The Morgan fingerprint density at radius 2 is 2.00 bits per heavy atom. The normalized spacial score (nSPS) is 12.4. The second kappa shape index (κ2) is 4.59. The van der Waals surface area contributed by atoms with Gasteiger partial charge in [0.25, 0.3) is 0 Å². The van der Waals surface area contributed by atoms with E-state index in [0.717, 1.165) is 22.5 Å². The predicted molar refractivity (Wildman–Crippen MR) is 83.8 cm³/mol. The van der Waals surface area contributed by atoms with Gasteiger partial charge in [0.15, 0.2) is 0 Å². The Kier molecular flexibility index (Phi) is 2.73. The van der Waals surface area contributed by atoms with Gasteiger partial charge in [-0.25, -0.2) is 9.67 Å². The van der Waals surface area contributed by atoms with Gasteiger partial charge in [-0.3, -0.25) is 0 Å². The fourth-order valence-corrected chi connectivity index (χ4v) is 2.66. The molecule has 1 aliphatic rings. The number of fused-ring (bicyclic) bond motifs is 3. The molecule has 1 aromatic carbocycles. The van der Waals surface area contributed by atoms with Gasteiger partial charge in [0, 0.05) is 21.5 Å². The van der Waals surface area contributed by atoms with Crippen molar-refractivity contribution in [3.8, 4) is 22.8 Å². The van der Waals surface area contributed by atoms with Crippen molar-refractivity contribution >= 4 is 22.6 Å². The van der Waals surface area contributed by atoms with Crippen LogP contribution in [0, 0.1) is 3.57 Å². The summed E-state index contributed by atoms with van der Waals surface area (Å²) in [5.74, 6) is 0.660. The lowest BCUT2D eigenvalue weighted by molar-refractivity contribution is 0.290. The molecule has 98 valence electrons. The third-order valence-corrected chi connectivity index (χ3v) is 3.99. The largest absolute Gasteiger partial charge is 0.472 e. The molecule has 0 saturated carbocycles. The van der Waals surface area contributed by atoms with Crippen molar-refractivity contribution in [3.63, 3.8) is 0 Å². The van der Waals surface area contributed by atoms with Gasteiger partial charge < -0.3 is 4.74 Å². The molecule has 2 aromatic heterocycles. The topological polar surface area (TPSA) is 39.9 Å². The Bertz CT molecular complexity index is 780. The minimum absolute atomic E-state index is 0.518. The van der Waals surface area contributed by atoms with E-state index in [1.165, 1.54) is 3.57 Å².